The molecule has 12 nitrogen and oxygen atoms in total. The van der Waals surface area contributed by atoms with Gasteiger partial charge in [-0.1, -0.05) is 42.8 Å². The fourth-order valence-electron chi connectivity index (χ4n) is 6.29. The lowest BCUT2D eigenvalue weighted by atomic mass is 10.0. The second-order valence-corrected chi connectivity index (χ2v) is 11.9. The normalized spacial score (nSPS) is 20.1. The first-order valence-electron chi connectivity index (χ1n) is 16.1. The number of nitrogens with one attached hydrogen (secondary N) is 4. The monoisotopic (exact) mass is 637 g/mol. The zero-order valence-corrected chi connectivity index (χ0v) is 26.4. The summed E-state index contributed by atoms with van der Waals surface area (Å²) in [5.74, 6) is 0.784. The van der Waals surface area contributed by atoms with Crippen LogP contribution in [-0.4, -0.2) is 55.6 Å². The number of carbonyl (C=O) groups excluding carboxylic acids is 2. The Hall–Kier alpha value is -5.07. The van der Waals surface area contributed by atoms with Crippen LogP contribution >= 0.6 is 0 Å². The third kappa shape index (κ3) is 6.47. The standard InChI is InChI=1S/C35H39N7O5/c1-45-27-13-10-24(11-14-27)20-37-35(38-21-25-12-15-30-31(19-25)47-23-46-30)28(33(44)40-42-17-6-2-3-9-32(42)43)22-36-34(39-35)41-18-16-26-7-4-5-8-29(26)41/h4-5,7-8,10-15,19,22,37-38H,2-3,6,9,16-18,20-21,23H2,1H3,(H,36,39)(H,40,44). The van der Waals surface area contributed by atoms with E-state index in [1.54, 1.807) is 13.3 Å². The van der Waals surface area contributed by atoms with Gasteiger partial charge in [0.05, 0.1) is 12.7 Å². The highest BCUT2D eigenvalue weighted by molar-refractivity contribution is 6.03. The zero-order chi connectivity index (χ0) is 32.2. The van der Waals surface area contributed by atoms with E-state index in [1.807, 2.05) is 54.6 Å². The van der Waals surface area contributed by atoms with Crippen molar-refractivity contribution in [1.82, 2.24) is 26.4 Å². The average Bonchev–Trinajstić information content (AvgIpc) is 3.71. The smallest absolute Gasteiger partial charge is 0.272 e. The van der Waals surface area contributed by atoms with Crippen molar-refractivity contribution < 1.29 is 23.8 Å². The number of rotatable bonds is 9. The number of hydrogen-bond donors (Lipinski definition) is 4. The highest BCUT2D eigenvalue weighted by atomic mass is 16.7. The van der Waals surface area contributed by atoms with Gasteiger partial charge in [0, 0.05) is 44.5 Å². The van der Waals surface area contributed by atoms with Crippen LogP contribution < -0.4 is 40.5 Å². The summed E-state index contributed by atoms with van der Waals surface area (Å²) in [6, 6.07) is 21.8. The van der Waals surface area contributed by atoms with E-state index < -0.39 is 11.7 Å². The van der Waals surface area contributed by atoms with Crippen LogP contribution in [0, 0.1) is 0 Å². The van der Waals surface area contributed by atoms with E-state index in [9.17, 15) is 9.59 Å². The van der Waals surface area contributed by atoms with Gasteiger partial charge >= 0.3 is 0 Å². The number of methoxy groups -OCH3 is 1. The van der Waals surface area contributed by atoms with Crippen molar-refractivity contribution in [1.29, 1.82) is 0 Å². The maximum atomic E-state index is 14.2. The fourth-order valence-corrected chi connectivity index (χ4v) is 6.29. The average molecular weight is 638 g/mol. The van der Waals surface area contributed by atoms with E-state index in [1.165, 1.54) is 10.6 Å². The van der Waals surface area contributed by atoms with E-state index in [0.717, 1.165) is 54.8 Å². The van der Waals surface area contributed by atoms with Crippen molar-refractivity contribution >= 4 is 23.5 Å². The summed E-state index contributed by atoms with van der Waals surface area (Å²) in [6.45, 7) is 2.09. The van der Waals surface area contributed by atoms with E-state index in [4.69, 9.17) is 19.2 Å². The summed E-state index contributed by atoms with van der Waals surface area (Å²) in [5, 5.41) is 11.9. The molecular weight excluding hydrogens is 598 g/mol. The lowest BCUT2D eigenvalue weighted by Crippen LogP contribution is -2.64. The number of benzene rings is 3. The third-order valence-electron chi connectivity index (χ3n) is 8.90. The Kier molecular flexibility index (Phi) is 8.68. The molecule has 4 heterocycles. The number of aliphatic imine (C=N–C) groups is 1. The third-order valence-corrected chi connectivity index (χ3v) is 8.90. The zero-order valence-electron chi connectivity index (χ0n) is 26.4. The predicted molar refractivity (Wildman–Crippen MR) is 176 cm³/mol. The van der Waals surface area contributed by atoms with Crippen LogP contribution in [0.15, 0.2) is 83.5 Å². The summed E-state index contributed by atoms with van der Waals surface area (Å²) in [6.07, 6.45) is 5.54. The molecule has 0 bridgehead atoms. The number of amides is 2. The lowest BCUT2D eigenvalue weighted by Gasteiger charge is -2.39. The minimum atomic E-state index is -1.40. The molecule has 47 heavy (non-hydrogen) atoms. The maximum Gasteiger partial charge on any atom is 0.272 e. The van der Waals surface area contributed by atoms with Crippen LogP contribution in [0.1, 0.15) is 42.4 Å². The molecule has 1 saturated heterocycles. The first kappa shape index (κ1) is 30.6. The topological polar surface area (TPSA) is 129 Å². The van der Waals surface area contributed by atoms with Gasteiger partial charge in [-0.3, -0.25) is 30.7 Å². The number of ether oxygens (including phenoxy) is 3. The summed E-state index contributed by atoms with van der Waals surface area (Å²) in [7, 11) is 1.63. The van der Waals surface area contributed by atoms with Crippen LogP contribution in [0.2, 0.25) is 0 Å². The summed E-state index contributed by atoms with van der Waals surface area (Å²) in [5.41, 5.74) is 7.38. The first-order valence-corrected chi connectivity index (χ1v) is 16.1. The molecule has 4 N–H and O–H groups in total. The molecule has 7 rings (SSSR count). The van der Waals surface area contributed by atoms with Crippen LogP contribution in [-0.2, 0) is 29.1 Å². The van der Waals surface area contributed by atoms with Gasteiger partial charge in [0.15, 0.2) is 11.5 Å². The summed E-state index contributed by atoms with van der Waals surface area (Å²) < 4.78 is 16.5. The van der Waals surface area contributed by atoms with Gasteiger partial charge in [-0.2, -0.15) is 0 Å². The molecular formula is C35H39N7O5. The SMILES string of the molecule is COc1ccc(CNC2(NCc3ccc4c(c3)OCO4)N=C(N3CCc4ccccc43)NC=C2C(=O)NN2CCCCCC2=O)cc1. The minimum absolute atomic E-state index is 0.0943. The van der Waals surface area contributed by atoms with Gasteiger partial charge in [-0.15, -0.1) is 0 Å². The minimum Gasteiger partial charge on any atom is -0.497 e. The number of fused-ring (bicyclic) bond motifs is 2. The summed E-state index contributed by atoms with van der Waals surface area (Å²) in [4.78, 5) is 34.5. The van der Waals surface area contributed by atoms with E-state index in [-0.39, 0.29) is 12.7 Å². The second-order valence-electron chi connectivity index (χ2n) is 11.9. The molecule has 3 aromatic rings. The number of hydrazine groups is 1. The number of guanidine groups is 1. The molecule has 244 valence electrons. The summed E-state index contributed by atoms with van der Waals surface area (Å²) >= 11 is 0. The Morgan fingerprint density at radius 2 is 1.72 bits per heavy atom. The molecule has 0 saturated carbocycles. The van der Waals surface area contributed by atoms with E-state index >= 15 is 0 Å². The Labute approximate surface area is 273 Å². The van der Waals surface area contributed by atoms with Gasteiger partial charge in [0.25, 0.3) is 5.91 Å². The lowest BCUT2D eigenvalue weighted by molar-refractivity contribution is -0.139. The Morgan fingerprint density at radius 1 is 0.936 bits per heavy atom. The van der Waals surface area contributed by atoms with E-state index in [0.29, 0.717) is 49.1 Å². The molecule has 1 fully saturated rings. The Morgan fingerprint density at radius 3 is 2.57 bits per heavy atom. The quantitative estimate of drug-likeness (QED) is 0.261. The Balaban J connectivity index is 1.25. The predicted octanol–water partition coefficient (Wildman–Crippen LogP) is 3.30. The van der Waals surface area contributed by atoms with Crippen molar-refractivity contribution in [2.45, 2.75) is 51.0 Å². The molecule has 0 radical (unpaired) electrons. The van der Waals surface area contributed by atoms with Crippen molar-refractivity contribution in [2.24, 2.45) is 4.99 Å². The molecule has 0 spiro atoms. The number of para-hydroxylation sites is 1. The molecule has 1 atom stereocenters. The number of anilines is 1. The first-order chi connectivity index (χ1) is 23.0. The highest BCUT2D eigenvalue weighted by Gasteiger charge is 2.42. The molecule has 2 amide bonds. The number of hydrogen-bond acceptors (Lipinski definition) is 10. The van der Waals surface area contributed by atoms with Gasteiger partial charge in [-0.25, -0.2) is 4.99 Å². The molecule has 0 aromatic heterocycles. The van der Waals surface area contributed by atoms with Gasteiger partial charge in [-0.05, 0) is 66.3 Å². The molecule has 3 aromatic carbocycles. The van der Waals surface area contributed by atoms with Gasteiger partial charge in [0.1, 0.15) is 5.75 Å². The molecule has 12 heteroatoms. The molecule has 4 aliphatic rings. The molecule has 4 aliphatic heterocycles. The van der Waals surface area contributed by atoms with Crippen LogP contribution in [0.3, 0.4) is 0 Å². The van der Waals surface area contributed by atoms with Crippen LogP contribution in [0.5, 0.6) is 17.2 Å². The highest BCUT2D eigenvalue weighted by Crippen LogP contribution is 2.34. The number of carbonyl (C=O) groups is 2. The van der Waals surface area contributed by atoms with Crippen molar-refractivity contribution in [3.8, 4) is 17.2 Å². The largest absolute Gasteiger partial charge is 0.497 e. The van der Waals surface area contributed by atoms with Gasteiger partial charge in [0.2, 0.25) is 24.4 Å². The van der Waals surface area contributed by atoms with Crippen molar-refractivity contribution in [3.05, 3.63) is 95.2 Å². The number of nitrogens with zero attached hydrogens (tertiary/aromatic N) is 3. The van der Waals surface area contributed by atoms with E-state index in [2.05, 4.69) is 38.4 Å². The Bertz CT molecular complexity index is 1710. The van der Waals surface area contributed by atoms with Crippen molar-refractivity contribution in [3.63, 3.8) is 0 Å². The van der Waals surface area contributed by atoms with Crippen molar-refractivity contribution in [2.75, 3.05) is 31.9 Å². The molecule has 0 aliphatic carbocycles. The maximum absolute atomic E-state index is 14.2. The van der Waals surface area contributed by atoms with Gasteiger partial charge < -0.3 is 24.4 Å². The second kappa shape index (κ2) is 13.3. The molecule has 1 unspecified atom stereocenters. The van der Waals surface area contributed by atoms with Crippen LogP contribution in [0.25, 0.3) is 0 Å². The van der Waals surface area contributed by atoms with Crippen LogP contribution in [0.4, 0.5) is 5.69 Å². The fraction of sp³-hybridized carbons (Fsp3) is 0.343.